The summed E-state index contributed by atoms with van der Waals surface area (Å²) in [5, 5.41) is 0. The average Bonchev–Trinajstić information content (AvgIpc) is 2.74. The molecule has 2 aromatic rings. The summed E-state index contributed by atoms with van der Waals surface area (Å²) >= 11 is 0. The molecule has 0 unspecified atom stereocenters. The third-order valence-corrected chi connectivity index (χ3v) is 3.69. The third kappa shape index (κ3) is 1.91. The Hall–Kier alpha value is -1.74. The lowest BCUT2D eigenvalue weighted by molar-refractivity contribution is 0.313. The second-order valence-electron chi connectivity index (χ2n) is 5.26. The topological polar surface area (TPSA) is 34.2 Å². The zero-order valence-corrected chi connectivity index (χ0v) is 11.0. The zero-order chi connectivity index (χ0) is 12.7. The summed E-state index contributed by atoms with van der Waals surface area (Å²) in [5.74, 6) is 0. The van der Waals surface area contributed by atoms with E-state index in [1.165, 1.54) is 22.3 Å². The summed E-state index contributed by atoms with van der Waals surface area (Å²) in [5.41, 5.74) is 12.3. The monoisotopic (exact) mass is 241 g/mol. The first-order valence-electron chi connectivity index (χ1n) is 6.35. The number of aromatic nitrogens is 1. The Morgan fingerprint density at radius 1 is 1.22 bits per heavy atom. The Morgan fingerprint density at radius 2 is 2.06 bits per heavy atom. The Morgan fingerprint density at radius 3 is 2.78 bits per heavy atom. The standard InChI is InChI=1S/C15H19N3/c1-17-5-3-11(9-17)15-8-13(16)7-12-10-18(2)6-4-14(12)15/h3,5,7-9H,4,6,10,16H2,1-2H3. The van der Waals surface area contributed by atoms with Crippen LogP contribution in [0.3, 0.4) is 0 Å². The number of hydrogen-bond acceptors (Lipinski definition) is 2. The molecule has 3 nitrogen and oxygen atoms in total. The number of rotatable bonds is 1. The van der Waals surface area contributed by atoms with Crippen LogP contribution < -0.4 is 5.73 Å². The molecule has 0 atom stereocenters. The summed E-state index contributed by atoms with van der Waals surface area (Å²) < 4.78 is 2.08. The summed E-state index contributed by atoms with van der Waals surface area (Å²) in [6.45, 7) is 2.12. The fourth-order valence-corrected chi connectivity index (χ4v) is 2.79. The minimum absolute atomic E-state index is 0.864. The summed E-state index contributed by atoms with van der Waals surface area (Å²) in [7, 11) is 4.21. The molecule has 94 valence electrons. The molecule has 0 aliphatic carbocycles. The molecule has 0 amide bonds. The molecule has 1 aliphatic rings. The number of aryl methyl sites for hydroxylation is 1. The van der Waals surface area contributed by atoms with E-state index in [2.05, 4.69) is 54.2 Å². The van der Waals surface area contributed by atoms with Gasteiger partial charge in [-0.15, -0.1) is 0 Å². The first-order chi connectivity index (χ1) is 8.63. The lowest BCUT2D eigenvalue weighted by Gasteiger charge is -2.27. The molecular weight excluding hydrogens is 222 g/mol. The lowest BCUT2D eigenvalue weighted by Crippen LogP contribution is -2.27. The third-order valence-electron chi connectivity index (χ3n) is 3.69. The molecule has 1 aliphatic heterocycles. The van der Waals surface area contributed by atoms with Gasteiger partial charge in [-0.25, -0.2) is 0 Å². The van der Waals surface area contributed by atoms with Gasteiger partial charge in [-0.1, -0.05) is 0 Å². The van der Waals surface area contributed by atoms with Crippen LogP contribution in [0.2, 0.25) is 0 Å². The van der Waals surface area contributed by atoms with E-state index >= 15 is 0 Å². The van der Waals surface area contributed by atoms with Crippen molar-refractivity contribution in [2.45, 2.75) is 13.0 Å². The van der Waals surface area contributed by atoms with Gasteiger partial charge in [0.25, 0.3) is 0 Å². The zero-order valence-electron chi connectivity index (χ0n) is 11.0. The van der Waals surface area contributed by atoms with Crippen LogP contribution in [0.5, 0.6) is 0 Å². The molecular formula is C15H19N3. The van der Waals surface area contributed by atoms with Crippen molar-refractivity contribution >= 4 is 5.69 Å². The fourth-order valence-electron chi connectivity index (χ4n) is 2.79. The second-order valence-corrected chi connectivity index (χ2v) is 5.26. The minimum Gasteiger partial charge on any atom is -0.399 e. The van der Waals surface area contributed by atoms with Crippen LogP contribution in [-0.4, -0.2) is 23.1 Å². The first-order valence-corrected chi connectivity index (χ1v) is 6.35. The maximum absolute atomic E-state index is 6.05. The van der Waals surface area contributed by atoms with E-state index in [9.17, 15) is 0 Å². The molecule has 0 bridgehead atoms. The Kier molecular flexibility index (Phi) is 2.63. The van der Waals surface area contributed by atoms with Crippen molar-refractivity contribution in [1.29, 1.82) is 0 Å². The first kappa shape index (κ1) is 11.4. The number of nitrogen functional groups attached to an aromatic ring is 1. The molecule has 0 saturated carbocycles. The van der Waals surface area contributed by atoms with Gasteiger partial charge in [0.05, 0.1) is 0 Å². The Labute approximate surface area is 108 Å². The van der Waals surface area contributed by atoms with Crippen LogP contribution in [0, 0.1) is 0 Å². The van der Waals surface area contributed by atoms with Crippen molar-refractivity contribution in [3.05, 3.63) is 41.7 Å². The highest BCUT2D eigenvalue weighted by atomic mass is 15.1. The van der Waals surface area contributed by atoms with E-state index in [-0.39, 0.29) is 0 Å². The van der Waals surface area contributed by atoms with Gasteiger partial charge in [-0.05, 0) is 53.9 Å². The molecule has 0 spiro atoms. The SMILES string of the molecule is CN1CCc2c(cc(N)cc2-c2ccn(C)c2)C1. The van der Waals surface area contributed by atoms with Gasteiger partial charge in [0.2, 0.25) is 0 Å². The van der Waals surface area contributed by atoms with Crippen molar-refractivity contribution in [3.63, 3.8) is 0 Å². The van der Waals surface area contributed by atoms with Gasteiger partial charge in [-0.3, -0.25) is 0 Å². The van der Waals surface area contributed by atoms with Crippen LogP contribution in [0.1, 0.15) is 11.1 Å². The van der Waals surface area contributed by atoms with E-state index in [1.807, 2.05) is 0 Å². The van der Waals surface area contributed by atoms with Crippen LogP contribution in [0.25, 0.3) is 11.1 Å². The maximum Gasteiger partial charge on any atom is 0.0323 e. The van der Waals surface area contributed by atoms with Gasteiger partial charge < -0.3 is 15.2 Å². The normalized spacial score (nSPS) is 15.7. The number of anilines is 1. The van der Waals surface area contributed by atoms with Crippen molar-refractivity contribution in [1.82, 2.24) is 9.47 Å². The molecule has 0 fully saturated rings. The van der Waals surface area contributed by atoms with Gasteiger partial charge in [-0.2, -0.15) is 0 Å². The van der Waals surface area contributed by atoms with Gasteiger partial charge >= 0.3 is 0 Å². The Bertz CT molecular complexity index is 583. The molecule has 1 aromatic carbocycles. The van der Waals surface area contributed by atoms with Crippen LogP contribution >= 0.6 is 0 Å². The van der Waals surface area contributed by atoms with Crippen LogP contribution in [0.4, 0.5) is 5.69 Å². The molecule has 0 radical (unpaired) electrons. The summed E-state index contributed by atoms with van der Waals surface area (Å²) in [6.07, 6.45) is 5.35. The summed E-state index contributed by atoms with van der Waals surface area (Å²) in [6, 6.07) is 6.39. The average molecular weight is 241 g/mol. The van der Waals surface area contributed by atoms with Crippen molar-refractivity contribution < 1.29 is 0 Å². The van der Waals surface area contributed by atoms with Crippen LogP contribution in [-0.2, 0) is 20.0 Å². The highest BCUT2D eigenvalue weighted by Crippen LogP contribution is 2.32. The lowest BCUT2D eigenvalue weighted by atomic mass is 9.91. The fraction of sp³-hybridized carbons (Fsp3) is 0.333. The van der Waals surface area contributed by atoms with E-state index in [0.29, 0.717) is 0 Å². The smallest absolute Gasteiger partial charge is 0.0323 e. The molecule has 18 heavy (non-hydrogen) atoms. The number of fused-ring (bicyclic) bond motifs is 1. The van der Waals surface area contributed by atoms with Crippen molar-refractivity contribution in [2.75, 3.05) is 19.3 Å². The highest BCUT2D eigenvalue weighted by molar-refractivity contribution is 5.73. The van der Waals surface area contributed by atoms with Crippen molar-refractivity contribution in [2.24, 2.45) is 7.05 Å². The van der Waals surface area contributed by atoms with Gasteiger partial charge in [0.15, 0.2) is 0 Å². The maximum atomic E-state index is 6.05. The largest absolute Gasteiger partial charge is 0.399 e. The molecule has 3 rings (SSSR count). The Balaban J connectivity index is 2.15. The predicted molar refractivity (Wildman–Crippen MR) is 75.3 cm³/mol. The second kappa shape index (κ2) is 4.18. The van der Waals surface area contributed by atoms with E-state index in [1.54, 1.807) is 0 Å². The molecule has 2 N–H and O–H groups in total. The quantitative estimate of drug-likeness (QED) is 0.777. The molecule has 1 aromatic heterocycles. The molecule has 3 heteroatoms. The summed E-state index contributed by atoms with van der Waals surface area (Å²) in [4.78, 5) is 2.34. The highest BCUT2D eigenvalue weighted by Gasteiger charge is 2.18. The predicted octanol–water partition coefficient (Wildman–Crippen LogP) is 2.26. The molecule has 2 heterocycles. The van der Waals surface area contributed by atoms with E-state index < -0.39 is 0 Å². The van der Waals surface area contributed by atoms with Gasteiger partial charge in [0, 0.05) is 38.2 Å². The molecule has 0 saturated heterocycles. The van der Waals surface area contributed by atoms with Crippen molar-refractivity contribution in [3.8, 4) is 11.1 Å². The van der Waals surface area contributed by atoms with E-state index in [0.717, 1.165) is 25.2 Å². The number of nitrogens with two attached hydrogens (primary N) is 1. The number of likely N-dealkylation sites (N-methyl/N-ethyl adjacent to an activating group) is 1. The number of nitrogens with zero attached hydrogens (tertiary/aromatic N) is 2. The minimum atomic E-state index is 0.864. The number of benzene rings is 1. The number of hydrogen-bond donors (Lipinski definition) is 1. The van der Waals surface area contributed by atoms with E-state index in [4.69, 9.17) is 5.73 Å². The van der Waals surface area contributed by atoms with Crippen LogP contribution in [0.15, 0.2) is 30.6 Å². The van der Waals surface area contributed by atoms with Gasteiger partial charge in [0.1, 0.15) is 0 Å².